The van der Waals surface area contributed by atoms with Crippen LogP contribution in [-0.2, 0) is 29.2 Å². The molecule has 0 spiro atoms. The Morgan fingerprint density at radius 2 is 1.56 bits per heavy atom. The Kier molecular flexibility index (Phi) is 7.55. The van der Waals surface area contributed by atoms with Gasteiger partial charge in [-0.2, -0.15) is 17.2 Å². The van der Waals surface area contributed by atoms with E-state index in [1.54, 1.807) is 0 Å². The molecule has 156 valence electrons. The van der Waals surface area contributed by atoms with E-state index in [4.69, 9.17) is 9.29 Å². The molecule has 2 aliphatic carbocycles. The fourth-order valence-corrected chi connectivity index (χ4v) is 3.90. The zero-order chi connectivity index (χ0) is 20.1. The monoisotopic (exact) mass is 412 g/mol. The molecule has 0 aromatic rings. The maximum absolute atomic E-state index is 13.2. The highest BCUT2D eigenvalue weighted by atomic mass is 32.2. The molecule has 0 bridgehead atoms. The summed E-state index contributed by atoms with van der Waals surface area (Å²) < 4.78 is 65.7. The van der Waals surface area contributed by atoms with Gasteiger partial charge in [-0.3, -0.25) is 9.35 Å². The van der Waals surface area contributed by atoms with Crippen LogP contribution in [0.2, 0.25) is 0 Å². The van der Waals surface area contributed by atoms with Crippen molar-refractivity contribution in [2.75, 3.05) is 6.61 Å². The molecule has 7 nitrogen and oxygen atoms in total. The number of hydrogen-bond acceptors (Lipinski definition) is 6. The zero-order valence-electron chi connectivity index (χ0n) is 15.1. The molecule has 0 atom stereocenters. The number of carbonyl (C=O) groups is 2. The third-order valence-electron chi connectivity index (χ3n) is 5.29. The first-order valence-corrected chi connectivity index (χ1v) is 10.7. The van der Waals surface area contributed by atoms with Crippen LogP contribution in [0.5, 0.6) is 0 Å². The normalized spacial score (nSPS) is 25.0. The van der Waals surface area contributed by atoms with E-state index in [9.17, 15) is 26.8 Å². The summed E-state index contributed by atoms with van der Waals surface area (Å²) in [5.41, 5.74) is 0. The highest BCUT2D eigenvalue weighted by molar-refractivity contribution is 7.87. The first kappa shape index (κ1) is 22.0. The van der Waals surface area contributed by atoms with Gasteiger partial charge >= 0.3 is 27.3 Å². The van der Waals surface area contributed by atoms with Gasteiger partial charge in [0, 0.05) is 6.42 Å². The molecule has 0 radical (unpaired) electrons. The molecule has 0 saturated heterocycles. The topological polar surface area (TPSA) is 107 Å². The Bertz CT molecular complexity index is 621. The fourth-order valence-electron chi connectivity index (χ4n) is 3.64. The summed E-state index contributed by atoms with van der Waals surface area (Å²) in [4.78, 5) is 23.2. The summed E-state index contributed by atoms with van der Waals surface area (Å²) in [6.07, 6.45) is 6.55. The quantitative estimate of drug-likeness (QED) is 0.506. The van der Waals surface area contributed by atoms with Gasteiger partial charge in [0.15, 0.2) is 0 Å². The van der Waals surface area contributed by atoms with Gasteiger partial charge in [0.25, 0.3) is 0 Å². The highest BCUT2D eigenvalue weighted by Crippen LogP contribution is 2.31. The molecule has 0 aliphatic heterocycles. The van der Waals surface area contributed by atoms with Crippen LogP contribution in [0, 0.1) is 11.8 Å². The lowest BCUT2D eigenvalue weighted by atomic mass is 9.85. The largest absolute Gasteiger partial charge is 0.465 e. The Morgan fingerprint density at radius 1 is 0.963 bits per heavy atom. The first-order valence-electron chi connectivity index (χ1n) is 9.31. The van der Waals surface area contributed by atoms with Gasteiger partial charge in [0.1, 0.15) is 6.10 Å². The Balaban J connectivity index is 1.69. The molecule has 0 aromatic heterocycles. The maximum atomic E-state index is 13.2. The number of halogens is 2. The Labute approximate surface area is 157 Å². The van der Waals surface area contributed by atoms with Gasteiger partial charge < -0.3 is 9.47 Å². The number of ether oxygens (including phenoxy) is 2. The molecule has 2 aliphatic rings. The minimum atomic E-state index is -5.86. The first-order chi connectivity index (χ1) is 12.6. The van der Waals surface area contributed by atoms with E-state index >= 15 is 0 Å². The predicted molar refractivity (Wildman–Crippen MR) is 90.5 cm³/mol. The van der Waals surface area contributed by atoms with Gasteiger partial charge in [-0.05, 0) is 50.4 Å². The van der Waals surface area contributed by atoms with E-state index < -0.39 is 27.4 Å². The molecule has 0 heterocycles. The summed E-state index contributed by atoms with van der Waals surface area (Å²) in [6.45, 7) is 0.441. The molecule has 10 heteroatoms. The van der Waals surface area contributed by atoms with Crippen LogP contribution >= 0.6 is 0 Å². The number of hydrogen-bond donors (Lipinski definition) is 1. The SMILES string of the molecule is O=C(CC1CCC(OC(=O)C(F)(F)S(=O)(=O)O)CC1)OCC1CCCCC1. The summed E-state index contributed by atoms with van der Waals surface area (Å²) in [7, 11) is -5.86. The minimum absolute atomic E-state index is 0.0147. The number of rotatable bonds is 7. The van der Waals surface area contributed by atoms with Crippen molar-refractivity contribution in [1.29, 1.82) is 0 Å². The standard InChI is InChI=1S/C17H26F2O7S/c18-17(19,27(22,23)24)16(21)26-14-8-6-12(7-9-14)10-15(20)25-11-13-4-2-1-3-5-13/h12-14H,1-11H2,(H,22,23,24). The van der Waals surface area contributed by atoms with E-state index in [0.717, 1.165) is 12.8 Å². The second-order valence-corrected chi connectivity index (χ2v) is 8.89. The van der Waals surface area contributed by atoms with Gasteiger partial charge in [-0.15, -0.1) is 0 Å². The summed E-state index contributed by atoms with van der Waals surface area (Å²) >= 11 is 0. The van der Waals surface area contributed by atoms with E-state index in [1.807, 2.05) is 0 Å². The smallest absolute Gasteiger partial charge is 0.465 e. The molecular formula is C17H26F2O7S. The number of carbonyl (C=O) groups excluding carboxylic acids is 2. The van der Waals surface area contributed by atoms with E-state index in [1.165, 1.54) is 19.3 Å². The van der Waals surface area contributed by atoms with Gasteiger partial charge in [-0.1, -0.05) is 19.3 Å². The van der Waals surface area contributed by atoms with E-state index in [-0.39, 0.29) is 31.1 Å². The van der Waals surface area contributed by atoms with Crippen LogP contribution in [-0.4, -0.2) is 42.9 Å². The van der Waals surface area contributed by atoms with Gasteiger partial charge in [-0.25, -0.2) is 4.79 Å². The molecule has 0 aromatic carbocycles. The van der Waals surface area contributed by atoms with Gasteiger partial charge in [0.05, 0.1) is 6.61 Å². The Hall–Kier alpha value is -1.29. The van der Waals surface area contributed by atoms with Crippen LogP contribution in [0.4, 0.5) is 8.78 Å². The van der Waals surface area contributed by atoms with Crippen LogP contribution in [0.25, 0.3) is 0 Å². The third kappa shape index (κ3) is 6.38. The maximum Gasteiger partial charge on any atom is 0.465 e. The highest BCUT2D eigenvalue weighted by Gasteiger charge is 2.54. The molecule has 2 fully saturated rings. The zero-order valence-corrected chi connectivity index (χ0v) is 15.9. The molecule has 2 saturated carbocycles. The molecule has 0 unspecified atom stereocenters. The predicted octanol–water partition coefficient (Wildman–Crippen LogP) is 3.08. The summed E-state index contributed by atoms with van der Waals surface area (Å²) in [5, 5.41) is -4.98. The molecule has 0 amide bonds. The van der Waals surface area contributed by atoms with Gasteiger partial charge in [0.2, 0.25) is 0 Å². The lowest BCUT2D eigenvalue weighted by Gasteiger charge is -2.28. The lowest BCUT2D eigenvalue weighted by Crippen LogP contribution is -2.41. The van der Waals surface area contributed by atoms with Crippen molar-refractivity contribution in [2.45, 2.75) is 75.6 Å². The second kappa shape index (κ2) is 9.27. The van der Waals surface area contributed by atoms with Crippen molar-refractivity contribution in [3.05, 3.63) is 0 Å². The molecule has 1 N–H and O–H groups in total. The molecule has 27 heavy (non-hydrogen) atoms. The minimum Gasteiger partial charge on any atom is -0.465 e. The van der Waals surface area contributed by atoms with Crippen LogP contribution in [0.15, 0.2) is 0 Å². The van der Waals surface area contributed by atoms with E-state index in [0.29, 0.717) is 25.4 Å². The van der Waals surface area contributed by atoms with Crippen LogP contribution in [0.1, 0.15) is 64.2 Å². The fraction of sp³-hybridized carbons (Fsp3) is 0.882. The summed E-state index contributed by atoms with van der Waals surface area (Å²) in [6, 6.07) is 0. The average molecular weight is 412 g/mol. The third-order valence-corrected chi connectivity index (χ3v) is 6.10. The van der Waals surface area contributed by atoms with Crippen molar-refractivity contribution >= 4 is 22.1 Å². The molecular weight excluding hydrogens is 386 g/mol. The second-order valence-electron chi connectivity index (χ2n) is 7.43. The van der Waals surface area contributed by atoms with Crippen molar-refractivity contribution in [3.8, 4) is 0 Å². The van der Waals surface area contributed by atoms with Crippen molar-refractivity contribution in [1.82, 2.24) is 0 Å². The lowest BCUT2D eigenvalue weighted by molar-refractivity contribution is -0.169. The summed E-state index contributed by atoms with van der Waals surface area (Å²) in [5.74, 6) is -2.11. The van der Waals surface area contributed by atoms with Crippen molar-refractivity contribution in [2.24, 2.45) is 11.8 Å². The number of alkyl halides is 2. The van der Waals surface area contributed by atoms with Crippen molar-refractivity contribution < 1.29 is 40.8 Å². The van der Waals surface area contributed by atoms with Crippen LogP contribution in [0.3, 0.4) is 0 Å². The Morgan fingerprint density at radius 3 is 2.11 bits per heavy atom. The average Bonchev–Trinajstić information content (AvgIpc) is 2.61. The molecule has 2 rings (SSSR count). The van der Waals surface area contributed by atoms with Crippen molar-refractivity contribution in [3.63, 3.8) is 0 Å². The van der Waals surface area contributed by atoms with Crippen LogP contribution < -0.4 is 0 Å². The number of esters is 2. The van der Waals surface area contributed by atoms with E-state index in [2.05, 4.69) is 4.74 Å².